The molecule has 0 aliphatic rings. The summed E-state index contributed by atoms with van der Waals surface area (Å²) in [5.74, 6) is 0.426. The summed E-state index contributed by atoms with van der Waals surface area (Å²) in [5, 5.41) is 20.8. The Morgan fingerprint density at radius 1 is 1.42 bits per heavy atom. The van der Waals surface area contributed by atoms with Crippen LogP contribution in [0.2, 0.25) is 0 Å². The molecule has 1 aromatic carbocycles. The predicted molar refractivity (Wildman–Crippen MR) is 73.4 cm³/mol. The molecule has 0 saturated heterocycles. The van der Waals surface area contributed by atoms with Gasteiger partial charge in [0.1, 0.15) is 0 Å². The Labute approximate surface area is 113 Å². The lowest BCUT2D eigenvalue weighted by Crippen LogP contribution is -2.17. The van der Waals surface area contributed by atoms with Crippen molar-refractivity contribution < 1.29 is 14.8 Å². The fourth-order valence-corrected chi connectivity index (χ4v) is 1.64. The Balaban J connectivity index is 2.93. The first-order chi connectivity index (χ1) is 8.95. The third-order valence-corrected chi connectivity index (χ3v) is 2.90. The molecule has 0 saturated carbocycles. The highest BCUT2D eigenvalue weighted by molar-refractivity contribution is 5.48. The summed E-state index contributed by atoms with van der Waals surface area (Å²) < 4.78 is 5.41. The number of rotatable bonds is 7. The molecule has 0 aromatic heterocycles. The third-order valence-electron chi connectivity index (χ3n) is 2.90. The number of benzene rings is 1. The van der Waals surface area contributed by atoms with E-state index in [1.807, 2.05) is 20.8 Å². The van der Waals surface area contributed by atoms with Crippen molar-refractivity contribution in [1.82, 2.24) is 0 Å². The molecule has 0 aliphatic heterocycles. The Kier molecular flexibility index (Phi) is 5.76. The number of ether oxygens (including phenoxy) is 1. The van der Waals surface area contributed by atoms with Gasteiger partial charge in [-0.2, -0.15) is 0 Å². The van der Waals surface area contributed by atoms with Gasteiger partial charge in [0.15, 0.2) is 5.75 Å². The Hall–Kier alpha value is -1.62. The normalized spacial score (nSPS) is 12.5. The molecule has 1 unspecified atom stereocenters. The highest BCUT2D eigenvalue weighted by Gasteiger charge is 2.17. The van der Waals surface area contributed by atoms with Gasteiger partial charge in [0.2, 0.25) is 0 Å². The summed E-state index contributed by atoms with van der Waals surface area (Å²) in [5.41, 5.74) is 0.814. The summed E-state index contributed by atoms with van der Waals surface area (Å²) >= 11 is 0. The number of nitro benzene ring substituents is 1. The molecule has 0 amide bonds. The van der Waals surface area contributed by atoms with Crippen LogP contribution in [0.3, 0.4) is 0 Å². The Morgan fingerprint density at radius 3 is 2.63 bits per heavy atom. The summed E-state index contributed by atoms with van der Waals surface area (Å²) in [4.78, 5) is 10.5. The number of hydrogen-bond donors (Lipinski definition) is 1. The molecule has 0 bridgehead atoms. The molecular weight excluding hydrogens is 246 g/mol. The monoisotopic (exact) mass is 267 g/mol. The molecule has 1 N–H and O–H groups in total. The second kappa shape index (κ2) is 7.09. The minimum atomic E-state index is -0.458. The minimum Gasteiger partial charge on any atom is -0.487 e. The number of hydrogen-bond acceptors (Lipinski definition) is 4. The zero-order chi connectivity index (χ0) is 14.4. The van der Waals surface area contributed by atoms with Crippen LogP contribution in [0.1, 0.15) is 32.8 Å². The van der Waals surface area contributed by atoms with Gasteiger partial charge in [-0.25, -0.2) is 0 Å². The fourth-order valence-electron chi connectivity index (χ4n) is 1.64. The summed E-state index contributed by atoms with van der Waals surface area (Å²) in [7, 11) is 0. The van der Waals surface area contributed by atoms with Gasteiger partial charge in [-0.05, 0) is 30.4 Å². The zero-order valence-corrected chi connectivity index (χ0v) is 11.6. The average Bonchev–Trinajstić information content (AvgIpc) is 2.35. The summed E-state index contributed by atoms with van der Waals surface area (Å²) in [6.07, 6.45) is 0.800. The SMILES string of the molecule is CCCOc1cc(CC(O)C(C)C)ccc1[N+](=O)[O-]. The van der Waals surface area contributed by atoms with Crippen LogP contribution in [0, 0.1) is 16.0 Å². The van der Waals surface area contributed by atoms with Gasteiger partial charge in [0.25, 0.3) is 0 Å². The molecule has 0 fully saturated rings. The van der Waals surface area contributed by atoms with E-state index in [0.29, 0.717) is 13.0 Å². The van der Waals surface area contributed by atoms with E-state index in [2.05, 4.69) is 0 Å². The van der Waals surface area contributed by atoms with Crippen LogP contribution in [0.4, 0.5) is 5.69 Å². The molecule has 19 heavy (non-hydrogen) atoms. The number of nitrogens with zero attached hydrogens (tertiary/aromatic N) is 1. The van der Waals surface area contributed by atoms with Crippen LogP contribution in [0.25, 0.3) is 0 Å². The van der Waals surface area contributed by atoms with Gasteiger partial charge in [-0.1, -0.05) is 26.8 Å². The summed E-state index contributed by atoms with van der Waals surface area (Å²) in [6.45, 7) is 6.25. The fraction of sp³-hybridized carbons (Fsp3) is 0.571. The first kappa shape index (κ1) is 15.4. The minimum absolute atomic E-state index is 0.0313. The van der Waals surface area contributed by atoms with E-state index in [1.165, 1.54) is 6.07 Å². The molecule has 5 heteroatoms. The van der Waals surface area contributed by atoms with Crippen molar-refractivity contribution in [1.29, 1.82) is 0 Å². The van der Waals surface area contributed by atoms with E-state index in [0.717, 1.165) is 12.0 Å². The first-order valence-corrected chi connectivity index (χ1v) is 6.53. The maximum absolute atomic E-state index is 10.9. The molecule has 0 radical (unpaired) electrons. The molecule has 0 spiro atoms. The number of nitro groups is 1. The third kappa shape index (κ3) is 4.52. The van der Waals surface area contributed by atoms with E-state index in [-0.39, 0.29) is 17.4 Å². The van der Waals surface area contributed by atoms with Crippen LogP contribution < -0.4 is 4.74 Å². The highest BCUT2D eigenvalue weighted by Crippen LogP contribution is 2.29. The van der Waals surface area contributed by atoms with Gasteiger partial charge in [0.05, 0.1) is 17.6 Å². The van der Waals surface area contributed by atoms with Crippen molar-refractivity contribution in [3.8, 4) is 5.75 Å². The van der Waals surface area contributed by atoms with Crippen LogP contribution in [0.5, 0.6) is 5.75 Å². The van der Waals surface area contributed by atoms with Gasteiger partial charge in [0, 0.05) is 6.07 Å². The van der Waals surface area contributed by atoms with E-state index >= 15 is 0 Å². The van der Waals surface area contributed by atoms with Crippen molar-refractivity contribution in [2.45, 2.75) is 39.7 Å². The lowest BCUT2D eigenvalue weighted by atomic mass is 9.99. The molecule has 1 rings (SSSR count). The second-order valence-corrected chi connectivity index (χ2v) is 4.92. The molecule has 1 atom stereocenters. The Morgan fingerprint density at radius 2 is 2.11 bits per heavy atom. The van der Waals surface area contributed by atoms with Crippen LogP contribution >= 0.6 is 0 Å². The molecule has 0 aliphatic carbocycles. The molecule has 106 valence electrons. The standard InChI is InChI=1S/C14H21NO4/c1-4-7-19-14-9-11(8-13(16)10(2)3)5-6-12(14)15(17)18/h5-6,9-10,13,16H,4,7-8H2,1-3H3. The zero-order valence-electron chi connectivity index (χ0n) is 11.6. The number of aliphatic hydroxyl groups is 1. The van der Waals surface area contributed by atoms with Crippen LogP contribution in [-0.4, -0.2) is 22.7 Å². The highest BCUT2D eigenvalue weighted by atomic mass is 16.6. The lowest BCUT2D eigenvalue weighted by molar-refractivity contribution is -0.385. The maximum Gasteiger partial charge on any atom is 0.310 e. The van der Waals surface area contributed by atoms with Crippen molar-refractivity contribution >= 4 is 5.69 Å². The topological polar surface area (TPSA) is 72.6 Å². The van der Waals surface area contributed by atoms with Crippen molar-refractivity contribution in [3.63, 3.8) is 0 Å². The van der Waals surface area contributed by atoms with Gasteiger partial charge in [-0.3, -0.25) is 10.1 Å². The van der Waals surface area contributed by atoms with Gasteiger partial charge in [-0.15, -0.1) is 0 Å². The van der Waals surface area contributed by atoms with Gasteiger partial charge >= 0.3 is 5.69 Å². The van der Waals surface area contributed by atoms with E-state index in [9.17, 15) is 15.2 Å². The Bertz CT molecular complexity index is 431. The van der Waals surface area contributed by atoms with Crippen molar-refractivity contribution in [3.05, 3.63) is 33.9 Å². The van der Waals surface area contributed by atoms with E-state index in [4.69, 9.17) is 4.74 Å². The number of aliphatic hydroxyl groups excluding tert-OH is 1. The predicted octanol–water partition coefficient (Wildman–Crippen LogP) is 2.94. The van der Waals surface area contributed by atoms with Crippen molar-refractivity contribution in [2.24, 2.45) is 5.92 Å². The molecule has 5 nitrogen and oxygen atoms in total. The van der Waals surface area contributed by atoms with Gasteiger partial charge < -0.3 is 9.84 Å². The maximum atomic E-state index is 10.9. The molecule has 1 aromatic rings. The average molecular weight is 267 g/mol. The van der Waals surface area contributed by atoms with E-state index < -0.39 is 11.0 Å². The quantitative estimate of drug-likeness (QED) is 0.609. The van der Waals surface area contributed by atoms with Crippen molar-refractivity contribution in [2.75, 3.05) is 6.61 Å². The lowest BCUT2D eigenvalue weighted by Gasteiger charge is -2.15. The van der Waals surface area contributed by atoms with Crippen LogP contribution in [0.15, 0.2) is 18.2 Å². The molecular formula is C14H21NO4. The smallest absolute Gasteiger partial charge is 0.310 e. The molecule has 0 heterocycles. The largest absolute Gasteiger partial charge is 0.487 e. The summed E-state index contributed by atoms with van der Waals surface area (Å²) in [6, 6.07) is 4.76. The van der Waals surface area contributed by atoms with Crippen LogP contribution in [-0.2, 0) is 6.42 Å². The van der Waals surface area contributed by atoms with E-state index in [1.54, 1.807) is 12.1 Å². The first-order valence-electron chi connectivity index (χ1n) is 6.53. The second-order valence-electron chi connectivity index (χ2n) is 4.92.